The van der Waals surface area contributed by atoms with E-state index in [1.54, 1.807) is 0 Å². The average molecular weight is 443 g/mol. The van der Waals surface area contributed by atoms with Crippen LogP contribution in [-0.2, 0) is 27.7 Å². The van der Waals surface area contributed by atoms with E-state index in [-0.39, 0.29) is 11.9 Å². The van der Waals surface area contributed by atoms with Crippen molar-refractivity contribution in [3.05, 3.63) is 64.2 Å². The van der Waals surface area contributed by atoms with E-state index >= 15 is 0 Å². The highest BCUT2D eigenvalue weighted by Crippen LogP contribution is 2.29. The van der Waals surface area contributed by atoms with Gasteiger partial charge in [0.1, 0.15) is 6.04 Å². The van der Waals surface area contributed by atoms with Gasteiger partial charge >= 0.3 is 0 Å². The number of aryl methyl sites for hydroxylation is 4. The summed E-state index contributed by atoms with van der Waals surface area (Å²) < 4.78 is 26.8. The molecule has 168 valence electrons. The van der Waals surface area contributed by atoms with Crippen LogP contribution in [0.5, 0.6) is 0 Å². The zero-order chi connectivity index (χ0) is 22.8. The number of benzene rings is 2. The van der Waals surface area contributed by atoms with E-state index in [2.05, 4.69) is 23.5 Å². The number of nitrogens with one attached hydrogen (secondary N) is 1. The van der Waals surface area contributed by atoms with Gasteiger partial charge in [0.05, 0.1) is 18.0 Å². The molecule has 3 rings (SSSR count). The lowest BCUT2D eigenvalue weighted by molar-refractivity contribution is -0.122. The molecule has 1 aliphatic carbocycles. The minimum Gasteiger partial charge on any atom is -0.348 e. The third-order valence-corrected chi connectivity index (χ3v) is 7.33. The van der Waals surface area contributed by atoms with Crippen LogP contribution in [0.1, 0.15) is 67.0 Å². The predicted octanol–water partition coefficient (Wildman–Crippen LogP) is 4.60. The third-order valence-electron chi connectivity index (χ3n) is 6.16. The molecule has 0 unspecified atom stereocenters. The first kappa shape index (κ1) is 23.3. The van der Waals surface area contributed by atoms with Gasteiger partial charge in [-0.05, 0) is 86.8 Å². The van der Waals surface area contributed by atoms with Crippen LogP contribution in [0.25, 0.3) is 0 Å². The smallest absolute Gasteiger partial charge is 0.244 e. The molecule has 1 N–H and O–H groups in total. The lowest BCUT2D eigenvalue weighted by Crippen LogP contribution is -2.50. The van der Waals surface area contributed by atoms with Crippen molar-refractivity contribution < 1.29 is 13.2 Å². The van der Waals surface area contributed by atoms with Crippen molar-refractivity contribution in [2.45, 2.75) is 71.9 Å². The van der Waals surface area contributed by atoms with Crippen LogP contribution >= 0.6 is 0 Å². The summed E-state index contributed by atoms with van der Waals surface area (Å²) in [6.07, 6.45) is 6.18. The van der Waals surface area contributed by atoms with Crippen molar-refractivity contribution in [2.75, 3.05) is 10.6 Å². The molecule has 0 aromatic heterocycles. The fourth-order valence-corrected chi connectivity index (χ4v) is 5.67. The van der Waals surface area contributed by atoms with Crippen LogP contribution in [0.4, 0.5) is 5.69 Å². The lowest BCUT2D eigenvalue weighted by Gasteiger charge is -2.32. The Bertz CT molecular complexity index is 1060. The fraction of sp³-hybridized carbons (Fsp3) is 0.480. The number of hydrogen-bond donors (Lipinski definition) is 1. The molecule has 2 aromatic rings. The molecule has 6 heteroatoms. The van der Waals surface area contributed by atoms with Crippen LogP contribution in [0.15, 0.2) is 36.4 Å². The van der Waals surface area contributed by atoms with E-state index in [9.17, 15) is 13.2 Å². The molecule has 0 fully saturated rings. The van der Waals surface area contributed by atoms with Crippen LogP contribution in [0.2, 0.25) is 0 Å². The van der Waals surface area contributed by atoms with E-state index < -0.39 is 16.1 Å². The molecular formula is C25H34N2O3S. The van der Waals surface area contributed by atoms with E-state index in [0.29, 0.717) is 12.1 Å². The zero-order valence-electron chi connectivity index (χ0n) is 19.2. The summed E-state index contributed by atoms with van der Waals surface area (Å²) in [6.45, 7) is 7.59. The van der Waals surface area contributed by atoms with Crippen molar-refractivity contribution in [3.63, 3.8) is 0 Å². The number of fused-ring (bicyclic) bond motifs is 1. The second-order valence-electron chi connectivity index (χ2n) is 8.74. The first-order valence-electron chi connectivity index (χ1n) is 11.1. The summed E-state index contributed by atoms with van der Waals surface area (Å²) in [4.78, 5) is 13.3. The first-order valence-corrected chi connectivity index (χ1v) is 13.0. The van der Waals surface area contributed by atoms with Gasteiger partial charge in [-0.15, -0.1) is 0 Å². The summed E-state index contributed by atoms with van der Waals surface area (Å²) in [7, 11) is -3.65. The van der Waals surface area contributed by atoms with E-state index in [1.807, 2.05) is 45.9 Å². The molecule has 0 radical (unpaired) electrons. The van der Waals surface area contributed by atoms with Gasteiger partial charge in [0, 0.05) is 0 Å². The molecule has 5 nitrogen and oxygen atoms in total. The van der Waals surface area contributed by atoms with Gasteiger partial charge in [-0.3, -0.25) is 9.10 Å². The summed E-state index contributed by atoms with van der Waals surface area (Å²) in [6, 6.07) is 11.1. The molecule has 0 heterocycles. The quantitative estimate of drug-likeness (QED) is 0.681. The van der Waals surface area contributed by atoms with Crippen molar-refractivity contribution >= 4 is 21.6 Å². The Morgan fingerprint density at radius 3 is 2.39 bits per heavy atom. The number of carbonyl (C=O) groups excluding carboxylic acids is 1. The standard InChI is InChI=1S/C25H34N2O3S/c1-6-23(27(31(5,29)30)24-15-17(2)11-12-18(24)3)25(28)26-19(4)21-14-13-20-9-7-8-10-22(20)16-21/h11-16,19,23H,6-10H2,1-5H3,(H,26,28)/t19-,23-/m0/s1. The number of amides is 1. The molecule has 1 amide bonds. The van der Waals surface area contributed by atoms with Gasteiger partial charge in [-0.25, -0.2) is 8.42 Å². The van der Waals surface area contributed by atoms with Crippen LogP contribution in [0.3, 0.4) is 0 Å². The topological polar surface area (TPSA) is 66.5 Å². The summed E-state index contributed by atoms with van der Waals surface area (Å²) >= 11 is 0. The molecule has 1 aliphatic rings. The van der Waals surface area contributed by atoms with Gasteiger partial charge in [0.2, 0.25) is 15.9 Å². The molecule has 2 aromatic carbocycles. The Morgan fingerprint density at radius 2 is 1.74 bits per heavy atom. The number of carbonyl (C=O) groups is 1. The normalized spacial score (nSPS) is 15.6. The van der Waals surface area contributed by atoms with Crippen LogP contribution in [-0.4, -0.2) is 26.6 Å². The van der Waals surface area contributed by atoms with E-state index in [4.69, 9.17) is 0 Å². The number of anilines is 1. The number of hydrogen-bond acceptors (Lipinski definition) is 3. The second-order valence-corrected chi connectivity index (χ2v) is 10.6. The maximum absolute atomic E-state index is 13.3. The first-order chi connectivity index (χ1) is 14.6. The fourth-order valence-electron chi connectivity index (χ4n) is 4.41. The monoisotopic (exact) mass is 442 g/mol. The highest BCUT2D eigenvalue weighted by molar-refractivity contribution is 7.92. The van der Waals surface area contributed by atoms with Crippen molar-refractivity contribution in [1.29, 1.82) is 0 Å². The van der Waals surface area contributed by atoms with Gasteiger partial charge in [-0.2, -0.15) is 0 Å². The minimum absolute atomic E-state index is 0.200. The van der Waals surface area contributed by atoms with Crippen molar-refractivity contribution in [2.24, 2.45) is 0 Å². The van der Waals surface area contributed by atoms with E-state index in [1.165, 1.54) is 28.3 Å². The molecule has 2 atom stereocenters. The molecule has 0 aliphatic heterocycles. The Morgan fingerprint density at radius 1 is 1.06 bits per heavy atom. The van der Waals surface area contributed by atoms with Gasteiger partial charge in [0.25, 0.3) is 0 Å². The molecule has 31 heavy (non-hydrogen) atoms. The second kappa shape index (κ2) is 9.43. The minimum atomic E-state index is -3.65. The lowest BCUT2D eigenvalue weighted by atomic mass is 9.89. The van der Waals surface area contributed by atoms with Crippen LogP contribution < -0.4 is 9.62 Å². The number of nitrogens with zero attached hydrogens (tertiary/aromatic N) is 1. The number of sulfonamides is 1. The van der Waals surface area contributed by atoms with Gasteiger partial charge in [0.15, 0.2) is 0 Å². The maximum atomic E-state index is 13.3. The Labute approximate surface area is 186 Å². The molecule has 0 saturated carbocycles. The Kier molecular flexibility index (Phi) is 7.10. The average Bonchev–Trinajstić information content (AvgIpc) is 2.72. The SMILES string of the molecule is CC[C@@H](C(=O)N[C@@H](C)c1ccc2c(c1)CCCC2)N(c1cc(C)ccc1C)S(C)(=O)=O. The van der Waals surface area contributed by atoms with Crippen molar-refractivity contribution in [3.8, 4) is 0 Å². The van der Waals surface area contributed by atoms with Crippen molar-refractivity contribution in [1.82, 2.24) is 5.32 Å². The van der Waals surface area contributed by atoms with E-state index in [0.717, 1.165) is 35.8 Å². The summed E-state index contributed by atoms with van der Waals surface area (Å²) in [5, 5.41) is 3.07. The van der Waals surface area contributed by atoms with Gasteiger partial charge < -0.3 is 5.32 Å². The van der Waals surface area contributed by atoms with Gasteiger partial charge in [-0.1, -0.05) is 37.3 Å². The largest absolute Gasteiger partial charge is 0.348 e. The molecule has 0 bridgehead atoms. The summed E-state index contributed by atoms with van der Waals surface area (Å²) in [5.74, 6) is -0.279. The molecule has 0 spiro atoms. The summed E-state index contributed by atoms with van der Waals surface area (Å²) in [5.41, 5.74) is 6.16. The maximum Gasteiger partial charge on any atom is 0.244 e. The molecule has 0 saturated heterocycles. The Hall–Kier alpha value is -2.34. The predicted molar refractivity (Wildman–Crippen MR) is 127 cm³/mol. The van der Waals surface area contributed by atoms with Crippen LogP contribution in [0, 0.1) is 13.8 Å². The highest BCUT2D eigenvalue weighted by Gasteiger charge is 2.33. The Balaban J connectivity index is 1.87. The highest BCUT2D eigenvalue weighted by atomic mass is 32.2. The molecular weight excluding hydrogens is 408 g/mol. The third kappa shape index (κ3) is 5.29. The zero-order valence-corrected chi connectivity index (χ0v) is 20.1. The number of rotatable bonds is 7.